The Bertz CT molecular complexity index is 594. The van der Waals surface area contributed by atoms with Crippen molar-refractivity contribution in [3.63, 3.8) is 0 Å². The fraction of sp³-hybridized carbons (Fsp3) is 0.308. The number of hydrogen-bond acceptors (Lipinski definition) is 3. The molecule has 2 rings (SSSR count). The van der Waals surface area contributed by atoms with E-state index in [9.17, 15) is 4.79 Å². The van der Waals surface area contributed by atoms with Crippen LogP contribution in [-0.2, 0) is 4.79 Å². The lowest BCUT2D eigenvalue weighted by Crippen LogP contribution is -2.23. The van der Waals surface area contributed by atoms with Crippen LogP contribution in [0.3, 0.4) is 0 Å². The van der Waals surface area contributed by atoms with Crippen molar-refractivity contribution >= 4 is 38.9 Å². The van der Waals surface area contributed by atoms with Gasteiger partial charge in [0.15, 0.2) is 0 Å². The van der Waals surface area contributed by atoms with Crippen LogP contribution >= 0.6 is 22.9 Å². The minimum absolute atomic E-state index is 0.0258. The van der Waals surface area contributed by atoms with E-state index < -0.39 is 0 Å². The van der Waals surface area contributed by atoms with Gasteiger partial charge in [-0.3, -0.25) is 4.79 Å². The standard InChI is InChI=1S/C13H14ClNO2S/c1-7(15-8(2)16)10-6-18-13-5-11(14)12(17-3)4-9(10)13/h4-7H,1-3H3,(H,15,16). The summed E-state index contributed by atoms with van der Waals surface area (Å²) in [7, 11) is 1.59. The van der Waals surface area contributed by atoms with Gasteiger partial charge in [0.25, 0.3) is 0 Å². The highest BCUT2D eigenvalue weighted by Gasteiger charge is 2.14. The number of carbonyl (C=O) groups is 1. The lowest BCUT2D eigenvalue weighted by molar-refractivity contribution is -0.119. The number of nitrogens with one attached hydrogen (secondary N) is 1. The number of fused-ring (bicyclic) bond motifs is 1. The van der Waals surface area contributed by atoms with Gasteiger partial charge < -0.3 is 10.1 Å². The van der Waals surface area contributed by atoms with Crippen molar-refractivity contribution in [2.75, 3.05) is 7.11 Å². The molecule has 0 bridgehead atoms. The third-order valence-corrected chi connectivity index (χ3v) is 4.02. The second kappa shape index (κ2) is 5.16. The fourth-order valence-corrected chi connectivity index (χ4v) is 3.30. The maximum atomic E-state index is 11.1. The molecule has 0 aliphatic rings. The average molecular weight is 284 g/mol. The zero-order valence-corrected chi connectivity index (χ0v) is 12.0. The van der Waals surface area contributed by atoms with E-state index in [2.05, 4.69) is 5.32 Å². The molecule has 0 aliphatic heterocycles. The maximum Gasteiger partial charge on any atom is 0.217 e. The molecule has 0 spiro atoms. The molecule has 0 radical (unpaired) electrons. The number of carbonyl (C=O) groups excluding carboxylic acids is 1. The topological polar surface area (TPSA) is 38.3 Å². The first-order valence-electron chi connectivity index (χ1n) is 5.54. The smallest absolute Gasteiger partial charge is 0.217 e. The molecule has 1 aromatic carbocycles. The molecule has 2 aromatic rings. The number of thiophene rings is 1. The zero-order valence-electron chi connectivity index (χ0n) is 10.4. The summed E-state index contributed by atoms with van der Waals surface area (Å²) in [5, 5.41) is 6.60. The zero-order chi connectivity index (χ0) is 13.3. The third-order valence-electron chi connectivity index (χ3n) is 2.76. The number of amides is 1. The highest BCUT2D eigenvalue weighted by molar-refractivity contribution is 7.17. The van der Waals surface area contributed by atoms with Crippen LogP contribution in [0.5, 0.6) is 5.75 Å². The number of benzene rings is 1. The van der Waals surface area contributed by atoms with Crippen LogP contribution in [0.25, 0.3) is 10.1 Å². The van der Waals surface area contributed by atoms with Crippen molar-refractivity contribution in [1.29, 1.82) is 0 Å². The second-order valence-electron chi connectivity index (χ2n) is 4.10. The van der Waals surface area contributed by atoms with Gasteiger partial charge in [-0.1, -0.05) is 11.6 Å². The molecule has 1 atom stereocenters. The first-order chi connectivity index (χ1) is 8.52. The Kier molecular flexibility index (Phi) is 3.78. The van der Waals surface area contributed by atoms with Gasteiger partial charge in [-0.05, 0) is 30.0 Å². The molecule has 0 aliphatic carbocycles. The molecule has 1 aromatic heterocycles. The molecule has 1 N–H and O–H groups in total. The summed E-state index contributed by atoms with van der Waals surface area (Å²) < 4.78 is 6.31. The number of halogens is 1. The maximum absolute atomic E-state index is 11.1. The second-order valence-corrected chi connectivity index (χ2v) is 5.41. The third kappa shape index (κ3) is 2.44. The largest absolute Gasteiger partial charge is 0.495 e. The molecule has 1 unspecified atom stereocenters. The SMILES string of the molecule is COc1cc2c(C(C)NC(C)=O)csc2cc1Cl. The predicted octanol–water partition coefficient (Wildman–Crippen LogP) is 3.76. The Morgan fingerprint density at radius 3 is 2.83 bits per heavy atom. The Morgan fingerprint density at radius 1 is 1.50 bits per heavy atom. The average Bonchev–Trinajstić information content (AvgIpc) is 2.69. The van der Waals surface area contributed by atoms with Crippen LogP contribution in [0, 0.1) is 0 Å². The van der Waals surface area contributed by atoms with Gasteiger partial charge in [-0.2, -0.15) is 0 Å². The first kappa shape index (κ1) is 13.2. The lowest BCUT2D eigenvalue weighted by atomic mass is 10.1. The highest BCUT2D eigenvalue weighted by Crippen LogP contribution is 2.37. The van der Waals surface area contributed by atoms with E-state index in [0.29, 0.717) is 10.8 Å². The first-order valence-corrected chi connectivity index (χ1v) is 6.80. The summed E-state index contributed by atoms with van der Waals surface area (Å²) in [6.07, 6.45) is 0. The summed E-state index contributed by atoms with van der Waals surface area (Å²) in [5.74, 6) is 0.613. The molecule has 96 valence electrons. The summed E-state index contributed by atoms with van der Waals surface area (Å²) in [6, 6.07) is 3.79. The summed E-state index contributed by atoms with van der Waals surface area (Å²) in [5.41, 5.74) is 1.08. The lowest BCUT2D eigenvalue weighted by Gasteiger charge is -2.12. The van der Waals surface area contributed by atoms with Crippen molar-refractivity contribution < 1.29 is 9.53 Å². The van der Waals surface area contributed by atoms with Crippen molar-refractivity contribution in [2.45, 2.75) is 19.9 Å². The van der Waals surface area contributed by atoms with Crippen LogP contribution in [0.2, 0.25) is 5.02 Å². The van der Waals surface area contributed by atoms with Gasteiger partial charge in [0.2, 0.25) is 5.91 Å². The van der Waals surface area contributed by atoms with Crippen LogP contribution in [0.4, 0.5) is 0 Å². The van der Waals surface area contributed by atoms with E-state index in [1.807, 2.05) is 24.4 Å². The van der Waals surface area contributed by atoms with E-state index >= 15 is 0 Å². The van der Waals surface area contributed by atoms with Crippen LogP contribution in [-0.4, -0.2) is 13.0 Å². The predicted molar refractivity (Wildman–Crippen MR) is 75.6 cm³/mol. The number of methoxy groups -OCH3 is 1. The molecule has 0 saturated heterocycles. The fourth-order valence-electron chi connectivity index (χ4n) is 1.92. The summed E-state index contributed by atoms with van der Waals surface area (Å²) in [6.45, 7) is 3.48. The van der Waals surface area contributed by atoms with Gasteiger partial charge >= 0.3 is 0 Å². The van der Waals surface area contributed by atoms with Gasteiger partial charge in [-0.15, -0.1) is 11.3 Å². The minimum Gasteiger partial charge on any atom is -0.495 e. The van der Waals surface area contributed by atoms with E-state index in [1.165, 1.54) is 6.92 Å². The Balaban J connectivity index is 2.49. The monoisotopic (exact) mass is 283 g/mol. The van der Waals surface area contributed by atoms with E-state index in [4.69, 9.17) is 16.3 Å². The molecule has 1 heterocycles. The van der Waals surface area contributed by atoms with Gasteiger partial charge in [0.1, 0.15) is 5.75 Å². The van der Waals surface area contributed by atoms with Crippen molar-refractivity contribution in [3.05, 3.63) is 28.1 Å². The van der Waals surface area contributed by atoms with Gasteiger partial charge in [0.05, 0.1) is 18.2 Å². The number of ether oxygens (including phenoxy) is 1. The molecule has 0 fully saturated rings. The van der Waals surface area contributed by atoms with Crippen LogP contribution in [0.1, 0.15) is 25.5 Å². The van der Waals surface area contributed by atoms with E-state index in [1.54, 1.807) is 18.4 Å². The normalized spacial score (nSPS) is 12.4. The Morgan fingerprint density at radius 2 is 2.22 bits per heavy atom. The highest BCUT2D eigenvalue weighted by atomic mass is 35.5. The number of hydrogen-bond donors (Lipinski definition) is 1. The molecular formula is C13H14ClNO2S. The Labute approximate surface area is 115 Å². The summed E-state index contributed by atoms with van der Waals surface area (Å²) >= 11 is 7.70. The van der Waals surface area contributed by atoms with Crippen LogP contribution in [0.15, 0.2) is 17.5 Å². The molecule has 0 saturated carbocycles. The number of rotatable bonds is 3. The van der Waals surface area contributed by atoms with Crippen molar-refractivity contribution in [1.82, 2.24) is 5.32 Å². The van der Waals surface area contributed by atoms with Crippen molar-refractivity contribution in [2.24, 2.45) is 0 Å². The van der Waals surface area contributed by atoms with Gasteiger partial charge in [-0.25, -0.2) is 0 Å². The van der Waals surface area contributed by atoms with Crippen molar-refractivity contribution in [3.8, 4) is 5.75 Å². The molecule has 1 amide bonds. The van der Waals surface area contributed by atoms with E-state index in [0.717, 1.165) is 15.6 Å². The molecular weight excluding hydrogens is 270 g/mol. The Hall–Kier alpha value is -1.26. The quantitative estimate of drug-likeness (QED) is 0.931. The molecule has 5 heteroatoms. The minimum atomic E-state index is -0.0391. The summed E-state index contributed by atoms with van der Waals surface area (Å²) in [4.78, 5) is 11.1. The molecule has 3 nitrogen and oxygen atoms in total. The van der Waals surface area contributed by atoms with E-state index in [-0.39, 0.29) is 11.9 Å². The van der Waals surface area contributed by atoms with Gasteiger partial charge in [0, 0.05) is 17.0 Å². The molecule has 18 heavy (non-hydrogen) atoms. The van der Waals surface area contributed by atoms with Crippen LogP contribution < -0.4 is 10.1 Å².